The van der Waals surface area contributed by atoms with Crippen LogP contribution in [0.5, 0.6) is 0 Å². The van der Waals surface area contributed by atoms with Crippen LogP contribution >= 0.6 is 11.8 Å². The quantitative estimate of drug-likeness (QED) is 0.402. The first-order valence-electron chi connectivity index (χ1n) is 11.2. The zero-order valence-corrected chi connectivity index (χ0v) is 20.4. The molecule has 0 radical (unpaired) electrons. The molecule has 178 valence electrons. The molecule has 1 heterocycles. The summed E-state index contributed by atoms with van der Waals surface area (Å²) in [6.45, 7) is 3.93. The molecule has 0 aliphatic carbocycles. The van der Waals surface area contributed by atoms with Crippen molar-refractivity contribution in [3.63, 3.8) is 0 Å². The van der Waals surface area contributed by atoms with E-state index in [1.54, 1.807) is 37.1 Å². The van der Waals surface area contributed by atoms with E-state index in [0.717, 1.165) is 21.6 Å². The number of nitrogens with zero attached hydrogens (tertiary/aromatic N) is 2. The van der Waals surface area contributed by atoms with Crippen LogP contribution in [0, 0.1) is 11.6 Å². The summed E-state index contributed by atoms with van der Waals surface area (Å²) in [7, 11) is 1.60. The number of carbonyl (C=O) groups is 1. The molecule has 1 atom stereocenters. The van der Waals surface area contributed by atoms with Crippen LogP contribution in [-0.2, 0) is 4.74 Å². The first-order chi connectivity index (χ1) is 16.4. The minimum Gasteiger partial charge on any atom is -0.377 e. The van der Waals surface area contributed by atoms with E-state index in [9.17, 15) is 13.6 Å². The molecule has 7 heteroatoms. The normalized spacial score (nSPS) is 14.9. The Kier molecular flexibility index (Phi) is 7.54. The van der Waals surface area contributed by atoms with Gasteiger partial charge in [0.1, 0.15) is 11.6 Å². The lowest BCUT2D eigenvalue weighted by molar-refractivity contribution is 0.0747. The SMILES string of the molecule is COC(C)c1ccc(N2CCN(C(=O)c3cc(SC)ccc3-c3ccc(F)cc3)CC2)c(F)c1. The number of hydrogen-bond acceptors (Lipinski definition) is 4. The number of halogens is 2. The van der Waals surface area contributed by atoms with Gasteiger partial charge in [0.15, 0.2) is 0 Å². The van der Waals surface area contributed by atoms with Gasteiger partial charge in [0.25, 0.3) is 5.91 Å². The van der Waals surface area contributed by atoms with E-state index in [1.807, 2.05) is 47.2 Å². The van der Waals surface area contributed by atoms with Gasteiger partial charge in [-0.1, -0.05) is 24.3 Å². The molecule has 1 aliphatic heterocycles. The predicted molar refractivity (Wildman–Crippen MR) is 134 cm³/mol. The Morgan fingerprint density at radius 2 is 1.68 bits per heavy atom. The summed E-state index contributed by atoms with van der Waals surface area (Å²) in [6, 6.07) is 17.1. The molecule has 1 amide bonds. The van der Waals surface area contributed by atoms with Gasteiger partial charge in [-0.15, -0.1) is 11.8 Å². The molecular formula is C27H28F2N2O2S. The van der Waals surface area contributed by atoms with E-state index in [4.69, 9.17) is 4.74 Å². The van der Waals surface area contributed by atoms with E-state index >= 15 is 0 Å². The van der Waals surface area contributed by atoms with Crippen LogP contribution < -0.4 is 4.90 Å². The van der Waals surface area contributed by atoms with Crippen LogP contribution in [0.15, 0.2) is 65.6 Å². The Morgan fingerprint density at radius 1 is 0.971 bits per heavy atom. The van der Waals surface area contributed by atoms with E-state index in [2.05, 4.69) is 0 Å². The Labute approximate surface area is 203 Å². The maximum Gasteiger partial charge on any atom is 0.254 e. The minimum atomic E-state index is -0.314. The number of rotatable bonds is 6. The second kappa shape index (κ2) is 10.6. The van der Waals surface area contributed by atoms with Crippen molar-refractivity contribution in [3.8, 4) is 11.1 Å². The number of hydrogen-bond donors (Lipinski definition) is 0. The van der Waals surface area contributed by atoms with Gasteiger partial charge in [0.2, 0.25) is 0 Å². The largest absolute Gasteiger partial charge is 0.377 e. The molecule has 0 aromatic heterocycles. The number of anilines is 1. The molecule has 1 aliphatic rings. The van der Waals surface area contributed by atoms with Crippen molar-refractivity contribution in [1.82, 2.24) is 4.90 Å². The van der Waals surface area contributed by atoms with Crippen LogP contribution in [0.4, 0.5) is 14.5 Å². The third kappa shape index (κ3) is 5.10. The molecule has 3 aromatic carbocycles. The van der Waals surface area contributed by atoms with Crippen LogP contribution in [-0.4, -0.2) is 50.4 Å². The number of ether oxygens (including phenoxy) is 1. The van der Waals surface area contributed by atoms with E-state index < -0.39 is 0 Å². The van der Waals surface area contributed by atoms with Gasteiger partial charge in [-0.25, -0.2) is 8.78 Å². The highest BCUT2D eigenvalue weighted by atomic mass is 32.2. The summed E-state index contributed by atoms with van der Waals surface area (Å²) in [4.78, 5) is 18.3. The first-order valence-corrected chi connectivity index (χ1v) is 12.4. The van der Waals surface area contributed by atoms with Crippen LogP contribution in [0.25, 0.3) is 11.1 Å². The number of thioether (sulfide) groups is 1. The van der Waals surface area contributed by atoms with E-state index in [-0.39, 0.29) is 23.6 Å². The number of piperazine rings is 1. The third-order valence-electron chi connectivity index (χ3n) is 6.31. The maximum atomic E-state index is 14.8. The fourth-order valence-corrected chi connectivity index (χ4v) is 4.64. The van der Waals surface area contributed by atoms with Crippen molar-refractivity contribution in [2.75, 3.05) is 44.4 Å². The minimum absolute atomic E-state index is 0.0698. The Balaban J connectivity index is 1.52. The number of benzene rings is 3. The highest BCUT2D eigenvalue weighted by molar-refractivity contribution is 7.98. The van der Waals surface area contributed by atoms with Crippen molar-refractivity contribution in [1.29, 1.82) is 0 Å². The molecule has 0 bridgehead atoms. The van der Waals surface area contributed by atoms with Gasteiger partial charge in [-0.3, -0.25) is 4.79 Å². The number of methoxy groups -OCH3 is 1. The zero-order chi connectivity index (χ0) is 24.2. The van der Waals surface area contributed by atoms with Crippen LogP contribution in [0.2, 0.25) is 0 Å². The molecule has 0 saturated carbocycles. The van der Waals surface area contributed by atoms with E-state index in [1.165, 1.54) is 18.2 Å². The second-order valence-electron chi connectivity index (χ2n) is 8.29. The van der Waals surface area contributed by atoms with Gasteiger partial charge < -0.3 is 14.5 Å². The highest BCUT2D eigenvalue weighted by Gasteiger charge is 2.26. The summed E-state index contributed by atoms with van der Waals surface area (Å²) in [5, 5.41) is 0. The van der Waals surface area contributed by atoms with Crippen molar-refractivity contribution >= 4 is 23.4 Å². The van der Waals surface area contributed by atoms with Gasteiger partial charge in [-0.05, 0) is 66.3 Å². The van der Waals surface area contributed by atoms with E-state index in [0.29, 0.717) is 37.4 Å². The number of carbonyl (C=O) groups excluding carboxylic acids is 1. The lowest BCUT2D eigenvalue weighted by Crippen LogP contribution is -2.49. The fraction of sp³-hybridized carbons (Fsp3) is 0.296. The maximum absolute atomic E-state index is 14.8. The predicted octanol–water partition coefficient (Wildman–Crippen LogP) is 6.02. The van der Waals surface area contributed by atoms with Crippen LogP contribution in [0.1, 0.15) is 28.9 Å². The van der Waals surface area contributed by atoms with Gasteiger partial charge in [0, 0.05) is 43.7 Å². The molecule has 1 fully saturated rings. The molecule has 34 heavy (non-hydrogen) atoms. The van der Waals surface area contributed by atoms with Gasteiger partial charge >= 0.3 is 0 Å². The Morgan fingerprint density at radius 3 is 2.29 bits per heavy atom. The molecule has 0 N–H and O–H groups in total. The zero-order valence-electron chi connectivity index (χ0n) is 19.6. The highest BCUT2D eigenvalue weighted by Crippen LogP contribution is 2.30. The van der Waals surface area contributed by atoms with Crippen molar-refractivity contribution in [2.24, 2.45) is 0 Å². The third-order valence-corrected chi connectivity index (χ3v) is 7.04. The topological polar surface area (TPSA) is 32.8 Å². The second-order valence-corrected chi connectivity index (χ2v) is 9.17. The Hall–Kier alpha value is -2.90. The van der Waals surface area contributed by atoms with Crippen molar-refractivity contribution in [2.45, 2.75) is 17.9 Å². The summed E-state index contributed by atoms with van der Waals surface area (Å²) >= 11 is 1.57. The van der Waals surface area contributed by atoms with Gasteiger partial charge in [0.05, 0.1) is 11.8 Å². The summed E-state index contributed by atoms with van der Waals surface area (Å²) in [5.74, 6) is -0.669. The Bertz CT molecular complexity index is 1160. The standard InChI is InChI=1S/C27H28F2N2O2S/c1-18(33-2)20-6-11-26(25(29)16-20)30-12-14-31(15-13-30)27(32)24-17-22(34-3)9-10-23(24)19-4-7-21(28)8-5-19/h4-11,16-18H,12-15H2,1-3H3. The average molecular weight is 483 g/mol. The lowest BCUT2D eigenvalue weighted by Gasteiger charge is -2.36. The first kappa shape index (κ1) is 24.2. The summed E-state index contributed by atoms with van der Waals surface area (Å²) in [5.41, 5.74) is 3.49. The van der Waals surface area contributed by atoms with Crippen LogP contribution in [0.3, 0.4) is 0 Å². The monoisotopic (exact) mass is 482 g/mol. The molecule has 0 spiro atoms. The molecule has 1 unspecified atom stereocenters. The fourth-order valence-electron chi connectivity index (χ4n) is 4.20. The van der Waals surface area contributed by atoms with Crippen molar-refractivity contribution < 1.29 is 18.3 Å². The average Bonchev–Trinajstić information content (AvgIpc) is 2.88. The summed E-state index contributed by atoms with van der Waals surface area (Å²) in [6.07, 6.45) is 1.79. The van der Waals surface area contributed by atoms with Gasteiger partial charge in [-0.2, -0.15) is 0 Å². The molecular weight excluding hydrogens is 454 g/mol. The smallest absolute Gasteiger partial charge is 0.254 e. The molecule has 1 saturated heterocycles. The lowest BCUT2D eigenvalue weighted by atomic mass is 9.98. The molecule has 4 nitrogen and oxygen atoms in total. The number of amides is 1. The molecule has 4 rings (SSSR count). The summed E-state index contributed by atoms with van der Waals surface area (Å²) < 4.78 is 33.5. The van der Waals surface area contributed by atoms with Crippen molar-refractivity contribution in [3.05, 3.63) is 83.4 Å². The molecule has 3 aromatic rings.